The van der Waals surface area contributed by atoms with Gasteiger partial charge in [-0.3, -0.25) is 4.98 Å². The number of pyridine rings is 2. The molecule has 0 saturated heterocycles. The summed E-state index contributed by atoms with van der Waals surface area (Å²) in [7, 11) is -1.23. The molecular weight excluding hydrogens is 993 g/mol. The molecule has 325 valence electrons. The Morgan fingerprint density at radius 3 is 2.08 bits per heavy atom. The summed E-state index contributed by atoms with van der Waals surface area (Å²) in [5.41, 5.74) is 13.6. The largest absolute Gasteiger partial charge is 0.500 e. The fraction of sp³-hybridized carbons (Fsp3) is 0.175. The zero-order valence-corrected chi connectivity index (χ0v) is 40.8. The van der Waals surface area contributed by atoms with Gasteiger partial charge in [-0.25, -0.2) is 4.98 Å². The first-order chi connectivity index (χ1) is 32.2. The van der Waals surface area contributed by atoms with Gasteiger partial charge in [-0.1, -0.05) is 113 Å². The van der Waals surface area contributed by atoms with E-state index in [2.05, 4.69) is 147 Å². The molecule has 0 aliphatic heterocycles. The number of rotatable bonds is 7. The Morgan fingerprint density at radius 1 is 0.662 bits per heavy atom. The number of hydrogen-bond acceptors (Lipinski definition) is 5. The molecule has 1 radical (unpaired) electrons. The quantitative estimate of drug-likeness (QED) is 0.117. The van der Waals surface area contributed by atoms with E-state index in [1.807, 2.05) is 60.8 Å². The van der Waals surface area contributed by atoms with Crippen molar-refractivity contribution in [2.45, 2.75) is 66.0 Å². The number of aromatic nitrogens is 4. The summed E-state index contributed by atoms with van der Waals surface area (Å²) in [6.07, 6.45) is 2.02. The van der Waals surface area contributed by atoms with Crippen LogP contribution in [0.5, 0.6) is 0 Å². The Balaban J connectivity index is 0.000000289. The molecule has 0 atom stereocenters. The second kappa shape index (κ2) is 17.5. The standard InChI is InChI=1S/C43H34N3O2.C14H16NSi.Ir/c1-24(2)32-22-28(27-12-7-6-8-13-27)23-33(25(3)4)40(32)46-35-17-10-9-16-34(35)45-43(46)31-15-11-14-29-38-36(47-41(29)31)21-19-30-39-37(48-42(30)38)20-18-26(5)44-39;1-16(2,3)13-9-10-14(15-11-13)12-7-5-4-6-8-12;/h6-14,16-25H,1-5H3;4-7,9-11H,1-3H3;/q2*-1;/i5D3;;. The number of benzene rings is 6. The van der Waals surface area contributed by atoms with Crippen LogP contribution >= 0.6 is 0 Å². The average molecular weight is 1050 g/mol. The van der Waals surface area contributed by atoms with Crippen molar-refractivity contribution < 1.29 is 33.1 Å². The maximum absolute atomic E-state index is 7.89. The van der Waals surface area contributed by atoms with Crippen LogP contribution in [0.25, 0.3) is 94.5 Å². The molecule has 0 aliphatic rings. The third-order valence-corrected chi connectivity index (χ3v) is 14.0. The van der Waals surface area contributed by atoms with Gasteiger partial charge < -0.3 is 18.4 Å². The summed E-state index contributed by atoms with van der Waals surface area (Å²) in [5, 5.41) is 3.78. The fourth-order valence-corrected chi connectivity index (χ4v) is 9.71. The molecule has 6 nitrogen and oxygen atoms in total. The third kappa shape index (κ3) is 8.05. The molecule has 0 spiro atoms. The minimum absolute atomic E-state index is 0. The zero-order valence-electron chi connectivity index (χ0n) is 40.4. The van der Waals surface area contributed by atoms with Crippen LogP contribution in [0.3, 0.4) is 0 Å². The van der Waals surface area contributed by atoms with E-state index in [0.717, 1.165) is 55.5 Å². The van der Waals surface area contributed by atoms with Crippen LogP contribution in [0.1, 0.15) is 60.5 Å². The molecule has 6 aromatic carbocycles. The van der Waals surface area contributed by atoms with E-state index in [-0.39, 0.29) is 37.6 Å². The van der Waals surface area contributed by atoms with Gasteiger partial charge in [0.25, 0.3) is 0 Å². The summed E-state index contributed by atoms with van der Waals surface area (Å²) in [6, 6.07) is 53.3. The predicted octanol–water partition coefficient (Wildman–Crippen LogP) is 15.0. The number of imidazole rings is 1. The Bertz CT molecular complexity index is 3580. The van der Waals surface area contributed by atoms with Crippen molar-refractivity contribution in [3.05, 3.63) is 175 Å². The summed E-state index contributed by atoms with van der Waals surface area (Å²) in [6.45, 7) is 13.7. The van der Waals surface area contributed by atoms with Crippen molar-refractivity contribution in [2.24, 2.45) is 0 Å². The van der Waals surface area contributed by atoms with Gasteiger partial charge in [0.05, 0.1) is 35.9 Å². The van der Waals surface area contributed by atoms with Crippen molar-refractivity contribution in [3.8, 4) is 39.5 Å². The molecule has 0 amide bonds. The van der Waals surface area contributed by atoms with Crippen molar-refractivity contribution in [3.63, 3.8) is 0 Å². The molecule has 0 N–H and O–H groups in total. The Labute approximate surface area is 399 Å². The molecule has 11 aromatic rings. The fourth-order valence-electron chi connectivity index (χ4n) is 8.68. The first-order valence-corrected chi connectivity index (χ1v) is 25.4. The molecule has 11 rings (SSSR count). The van der Waals surface area contributed by atoms with Gasteiger partial charge in [0.2, 0.25) is 0 Å². The van der Waals surface area contributed by atoms with Gasteiger partial charge in [0, 0.05) is 47.2 Å². The number of hydrogen-bond donors (Lipinski definition) is 0. The van der Waals surface area contributed by atoms with Crippen LogP contribution < -0.4 is 5.19 Å². The second-order valence-corrected chi connectivity index (χ2v) is 23.1. The van der Waals surface area contributed by atoms with E-state index in [9.17, 15) is 0 Å². The van der Waals surface area contributed by atoms with Crippen LogP contribution in [-0.4, -0.2) is 27.6 Å². The Morgan fingerprint density at radius 2 is 1.38 bits per heavy atom. The average Bonchev–Trinajstić information content (AvgIpc) is 4.02. The third-order valence-electron chi connectivity index (χ3n) is 12.0. The number of aryl methyl sites for hydroxylation is 1. The zero-order chi connectivity index (χ0) is 46.8. The summed E-state index contributed by atoms with van der Waals surface area (Å²) >= 11 is 0. The molecule has 0 unspecified atom stereocenters. The minimum atomic E-state index is -2.33. The smallest absolute Gasteiger partial charge is 0.153 e. The normalized spacial score (nSPS) is 12.7. The SMILES string of the molecule is C[Si](C)(C)c1ccc(-c2[c-]cccc2)nc1.[2H]C([2H])([2H])c1ccc2oc3c(ccc4oc5c(-c6nc7ccccc7n6-c6c(C(C)C)cc(-c7ccccc7)cc6C(C)C)[c-]ccc5c43)c2n1.[Ir]. The maximum Gasteiger partial charge on any atom is 0.153 e. The number of fused-ring (bicyclic) bond motifs is 8. The van der Waals surface area contributed by atoms with Gasteiger partial charge in [-0.15, -0.1) is 54.1 Å². The summed E-state index contributed by atoms with van der Waals surface area (Å²) in [5.74, 6) is 1.19. The predicted molar refractivity (Wildman–Crippen MR) is 268 cm³/mol. The number of furan rings is 2. The maximum atomic E-state index is 7.89. The van der Waals surface area contributed by atoms with E-state index >= 15 is 0 Å². The molecule has 65 heavy (non-hydrogen) atoms. The van der Waals surface area contributed by atoms with Gasteiger partial charge >= 0.3 is 0 Å². The van der Waals surface area contributed by atoms with E-state index in [4.69, 9.17) is 17.9 Å². The van der Waals surface area contributed by atoms with Crippen LogP contribution in [0.4, 0.5) is 0 Å². The van der Waals surface area contributed by atoms with Crippen molar-refractivity contribution >= 4 is 68.3 Å². The van der Waals surface area contributed by atoms with Gasteiger partial charge in [-0.2, -0.15) is 0 Å². The van der Waals surface area contributed by atoms with Crippen LogP contribution in [0, 0.1) is 19.0 Å². The minimum Gasteiger partial charge on any atom is -0.500 e. The monoisotopic (exact) mass is 1050 g/mol. The Kier molecular flexibility index (Phi) is 10.8. The first kappa shape index (κ1) is 40.1. The molecule has 0 fully saturated rings. The first-order valence-electron chi connectivity index (χ1n) is 23.4. The topological polar surface area (TPSA) is 69.9 Å². The molecule has 5 heterocycles. The molecule has 5 aromatic heterocycles. The van der Waals surface area contributed by atoms with Gasteiger partial charge in [0.15, 0.2) is 5.58 Å². The van der Waals surface area contributed by atoms with Crippen LogP contribution in [-0.2, 0) is 20.1 Å². The molecule has 8 heteroatoms. The van der Waals surface area contributed by atoms with Crippen LogP contribution in [0.2, 0.25) is 19.6 Å². The van der Waals surface area contributed by atoms with Crippen LogP contribution in [0.15, 0.2) is 155 Å². The number of para-hydroxylation sites is 2. The van der Waals surface area contributed by atoms with Gasteiger partial charge in [0.1, 0.15) is 16.7 Å². The van der Waals surface area contributed by atoms with E-state index < -0.39 is 14.9 Å². The second-order valence-electron chi connectivity index (χ2n) is 18.1. The Hall–Kier alpha value is -6.44. The molecule has 0 bridgehead atoms. The molecule has 0 saturated carbocycles. The van der Waals surface area contributed by atoms with Crippen molar-refractivity contribution in [1.29, 1.82) is 0 Å². The van der Waals surface area contributed by atoms with E-state index in [0.29, 0.717) is 27.8 Å². The summed E-state index contributed by atoms with van der Waals surface area (Å²) < 4.78 is 39.0. The van der Waals surface area contributed by atoms with E-state index in [1.165, 1.54) is 33.5 Å². The van der Waals surface area contributed by atoms with Gasteiger partial charge in [-0.05, 0) is 100 Å². The molecular formula is C57H50IrN4O2Si-2. The number of nitrogens with zero attached hydrogens (tertiary/aromatic N) is 4. The summed E-state index contributed by atoms with van der Waals surface area (Å²) in [4.78, 5) is 14.3. The van der Waals surface area contributed by atoms with E-state index in [1.54, 1.807) is 6.07 Å². The van der Waals surface area contributed by atoms with Crippen molar-refractivity contribution in [2.75, 3.05) is 0 Å². The van der Waals surface area contributed by atoms with Crippen molar-refractivity contribution in [1.82, 2.24) is 19.5 Å². The molecule has 0 aliphatic carbocycles.